The van der Waals surface area contributed by atoms with Gasteiger partial charge < -0.3 is 34.3 Å². The van der Waals surface area contributed by atoms with Crippen LogP contribution in [0.5, 0.6) is 5.75 Å². The summed E-state index contributed by atoms with van der Waals surface area (Å²) in [6, 6.07) is 20.3. The van der Waals surface area contributed by atoms with Crippen molar-refractivity contribution >= 4 is 28.2 Å². The van der Waals surface area contributed by atoms with Gasteiger partial charge in [0.15, 0.2) is 11.2 Å². The number of fused-ring (bicyclic) bond motifs is 2. The molecule has 0 bridgehead atoms. The van der Waals surface area contributed by atoms with Crippen molar-refractivity contribution in [3.05, 3.63) is 88.5 Å². The molecule has 4 aromatic carbocycles. The molecular weight excluding hydrogens is 694 g/mol. The van der Waals surface area contributed by atoms with E-state index < -0.39 is 18.6 Å². The second kappa shape index (κ2) is 15.0. The summed E-state index contributed by atoms with van der Waals surface area (Å²) in [5, 5.41) is 19.8. The van der Waals surface area contributed by atoms with E-state index in [2.05, 4.69) is 22.0 Å². The third-order valence-electron chi connectivity index (χ3n) is 10.2. The van der Waals surface area contributed by atoms with E-state index in [9.17, 15) is 18.8 Å². The van der Waals surface area contributed by atoms with Gasteiger partial charge in [-0.2, -0.15) is 14.0 Å². The first kappa shape index (κ1) is 35.4. The molecule has 3 N–H and O–H groups in total. The minimum Gasteiger partial charge on any atom is -0.460 e. The Balaban J connectivity index is 1.09. The highest BCUT2D eigenvalue weighted by Gasteiger charge is 2.25. The van der Waals surface area contributed by atoms with Gasteiger partial charge in [-0.15, -0.1) is 0 Å². The maximum Gasteiger partial charge on any atom is 0.387 e. The van der Waals surface area contributed by atoms with E-state index >= 15 is 0 Å². The number of aromatic nitrogens is 2. The number of carbonyl (C=O) groups is 1. The fraction of sp³-hybridized carbons (Fsp3) is 0.317. The number of nitrogens with one attached hydrogen (secondary N) is 3. The van der Waals surface area contributed by atoms with Crippen molar-refractivity contribution in [1.82, 2.24) is 25.9 Å². The molecule has 2 saturated heterocycles. The first-order valence-electron chi connectivity index (χ1n) is 18.0. The van der Waals surface area contributed by atoms with Crippen LogP contribution in [0.2, 0.25) is 0 Å². The second-order valence-corrected chi connectivity index (χ2v) is 13.8. The lowest BCUT2D eigenvalue weighted by Gasteiger charge is -2.27. The van der Waals surface area contributed by atoms with E-state index in [0.29, 0.717) is 58.4 Å². The molecular formula is C41H38F2N6O5. The molecule has 2 fully saturated rings. The van der Waals surface area contributed by atoms with Crippen molar-refractivity contribution in [2.75, 3.05) is 26.2 Å². The Morgan fingerprint density at radius 1 is 0.981 bits per heavy atom. The second-order valence-electron chi connectivity index (χ2n) is 13.8. The van der Waals surface area contributed by atoms with Gasteiger partial charge >= 0.3 is 12.6 Å². The van der Waals surface area contributed by atoms with Crippen LogP contribution in [0.3, 0.4) is 0 Å². The Morgan fingerprint density at radius 3 is 2.33 bits per heavy atom. The maximum absolute atomic E-state index is 13.4. The van der Waals surface area contributed by atoms with Gasteiger partial charge in [0, 0.05) is 48.9 Å². The van der Waals surface area contributed by atoms with Crippen LogP contribution in [0.15, 0.2) is 69.5 Å². The Morgan fingerprint density at radius 2 is 1.69 bits per heavy atom. The Hall–Kier alpha value is -5.68. The highest BCUT2D eigenvalue weighted by Crippen LogP contribution is 2.39. The zero-order chi connectivity index (χ0) is 37.3. The lowest BCUT2D eigenvalue weighted by Crippen LogP contribution is -2.47. The molecule has 0 amide bonds. The van der Waals surface area contributed by atoms with Crippen LogP contribution in [0.1, 0.15) is 40.7 Å². The summed E-state index contributed by atoms with van der Waals surface area (Å²) in [7, 11) is 0. The standard InChI is InChI=1S/C41H38F2N6O5/c1-22-28(29-7-4-9-31(23(29)2)39-49-34-13-24(12-26(16-44)37(34)54-39)17-45-18-25-19-46-20-25)6-3-8-30(22)38-48-33-14-27(21-51-40(50)32-10-5-11-47-32)35(53-41(42)43)15-36(33)52-38/h3-4,6-9,12-15,25,32,41,45-47H,5,10-11,17-21H2,1-2H3/t32-/m0/s1. The molecule has 4 heterocycles. The summed E-state index contributed by atoms with van der Waals surface area (Å²) in [6.45, 7) is 4.93. The van der Waals surface area contributed by atoms with Crippen LogP contribution >= 0.6 is 0 Å². The topological polar surface area (TPSA) is 147 Å². The van der Waals surface area contributed by atoms with E-state index in [-0.39, 0.29) is 23.5 Å². The molecule has 2 aromatic heterocycles. The van der Waals surface area contributed by atoms with Crippen molar-refractivity contribution < 1.29 is 31.9 Å². The van der Waals surface area contributed by atoms with Gasteiger partial charge in [-0.1, -0.05) is 24.3 Å². The molecule has 0 unspecified atom stereocenters. The zero-order valence-corrected chi connectivity index (χ0v) is 29.8. The molecule has 0 radical (unpaired) electrons. The van der Waals surface area contributed by atoms with Crippen LogP contribution in [0.25, 0.3) is 56.2 Å². The normalized spacial score (nSPS) is 15.9. The molecule has 54 heavy (non-hydrogen) atoms. The summed E-state index contributed by atoms with van der Waals surface area (Å²) in [5.74, 6) is 0.740. The minimum absolute atomic E-state index is 0.152. The number of carbonyl (C=O) groups excluding carboxylic acids is 1. The van der Waals surface area contributed by atoms with Crippen LogP contribution < -0.4 is 20.7 Å². The number of nitriles is 1. The number of rotatable bonds is 12. The van der Waals surface area contributed by atoms with Crippen molar-refractivity contribution in [2.45, 2.75) is 52.5 Å². The molecule has 6 aromatic rings. The largest absolute Gasteiger partial charge is 0.460 e. The molecule has 0 aliphatic carbocycles. The quantitative estimate of drug-likeness (QED) is 0.110. The SMILES string of the molecule is Cc1c(-c2nc3cc(COC(=O)[C@@H]4CCCN4)c(OC(F)F)cc3o2)cccc1-c1cccc(-c2nc3cc(CNCC4CNC4)cc(C#N)c3o2)c1C. The molecule has 1 atom stereocenters. The summed E-state index contributed by atoms with van der Waals surface area (Å²) < 4.78 is 49.5. The van der Waals surface area contributed by atoms with Gasteiger partial charge in [-0.05, 0) is 97.3 Å². The molecule has 2 aliphatic rings. The third-order valence-corrected chi connectivity index (χ3v) is 10.2. The monoisotopic (exact) mass is 732 g/mol. The van der Waals surface area contributed by atoms with E-state index in [1.165, 1.54) is 6.07 Å². The number of oxazole rings is 2. The van der Waals surface area contributed by atoms with Crippen LogP contribution in [0.4, 0.5) is 8.78 Å². The lowest BCUT2D eigenvalue weighted by molar-refractivity contribution is -0.147. The molecule has 0 spiro atoms. The van der Waals surface area contributed by atoms with Crippen molar-refractivity contribution in [3.8, 4) is 45.9 Å². The summed E-state index contributed by atoms with van der Waals surface area (Å²) in [5.41, 5.74) is 8.56. The van der Waals surface area contributed by atoms with Gasteiger partial charge in [0.05, 0.1) is 5.56 Å². The number of benzene rings is 4. The zero-order valence-electron chi connectivity index (χ0n) is 29.8. The van der Waals surface area contributed by atoms with Crippen LogP contribution in [0, 0.1) is 31.1 Å². The minimum atomic E-state index is -3.09. The van der Waals surface area contributed by atoms with Crippen LogP contribution in [-0.2, 0) is 22.7 Å². The number of nitrogens with zero attached hydrogens (tertiary/aromatic N) is 3. The summed E-state index contributed by atoms with van der Waals surface area (Å²) in [6.07, 6.45) is 1.52. The fourth-order valence-electron chi connectivity index (χ4n) is 7.19. The summed E-state index contributed by atoms with van der Waals surface area (Å²) in [4.78, 5) is 22.1. The Bertz CT molecular complexity index is 2410. The Labute approximate surface area is 309 Å². The highest BCUT2D eigenvalue weighted by atomic mass is 19.3. The molecule has 276 valence electrons. The maximum atomic E-state index is 13.4. The predicted octanol–water partition coefficient (Wildman–Crippen LogP) is 7.16. The number of alkyl halides is 2. The third kappa shape index (κ3) is 7.03. The molecule has 8 rings (SSSR count). The van der Waals surface area contributed by atoms with Gasteiger partial charge in [0.1, 0.15) is 35.5 Å². The van der Waals surface area contributed by atoms with E-state index in [1.807, 2.05) is 62.4 Å². The first-order chi connectivity index (χ1) is 26.2. The Kier molecular flexibility index (Phi) is 9.81. The van der Waals surface area contributed by atoms with Crippen LogP contribution in [-0.4, -0.2) is 54.8 Å². The van der Waals surface area contributed by atoms with E-state index in [4.69, 9.17) is 28.3 Å². The molecule has 13 heteroatoms. The average molecular weight is 733 g/mol. The number of esters is 1. The van der Waals surface area contributed by atoms with Gasteiger partial charge in [0.2, 0.25) is 11.8 Å². The predicted molar refractivity (Wildman–Crippen MR) is 198 cm³/mol. The molecule has 0 saturated carbocycles. The number of hydrogen-bond donors (Lipinski definition) is 3. The first-order valence-corrected chi connectivity index (χ1v) is 18.0. The fourth-order valence-corrected chi connectivity index (χ4v) is 7.19. The highest BCUT2D eigenvalue weighted by molar-refractivity contribution is 5.86. The van der Waals surface area contributed by atoms with E-state index in [1.54, 1.807) is 6.07 Å². The lowest BCUT2D eigenvalue weighted by atomic mass is 9.91. The molecule has 11 nitrogen and oxygen atoms in total. The number of halogens is 2. The number of hydrogen-bond acceptors (Lipinski definition) is 11. The smallest absolute Gasteiger partial charge is 0.387 e. The van der Waals surface area contributed by atoms with Gasteiger partial charge in [-0.3, -0.25) is 4.79 Å². The van der Waals surface area contributed by atoms with Crippen molar-refractivity contribution in [3.63, 3.8) is 0 Å². The van der Waals surface area contributed by atoms with Crippen molar-refractivity contribution in [2.24, 2.45) is 5.92 Å². The average Bonchev–Trinajstić information content (AvgIpc) is 3.92. The summed E-state index contributed by atoms with van der Waals surface area (Å²) >= 11 is 0. The van der Waals surface area contributed by atoms with Crippen molar-refractivity contribution in [1.29, 1.82) is 5.26 Å². The molecule has 2 aliphatic heterocycles. The number of ether oxygens (including phenoxy) is 2. The van der Waals surface area contributed by atoms with Gasteiger partial charge in [0.25, 0.3) is 0 Å². The van der Waals surface area contributed by atoms with Gasteiger partial charge in [-0.25, -0.2) is 9.97 Å². The van der Waals surface area contributed by atoms with E-state index in [0.717, 1.165) is 66.0 Å².